The summed E-state index contributed by atoms with van der Waals surface area (Å²) in [4.78, 5) is 26.4. The van der Waals surface area contributed by atoms with Crippen molar-refractivity contribution in [2.24, 2.45) is 11.7 Å². The largest absolute Gasteiger partial charge is 0.369 e. The number of ketones is 1. The lowest BCUT2D eigenvalue weighted by molar-refractivity contribution is -0.119. The molecule has 1 atom stereocenters. The van der Waals surface area contributed by atoms with E-state index < -0.39 is 11.0 Å². The number of nitrogens with two attached hydrogens (primary N) is 1. The Morgan fingerprint density at radius 2 is 1.78 bits per heavy atom. The van der Waals surface area contributed by atoms with E-state index >= 15 is 0 Å². The zero-order chi connectivity index (χ0) is 27.5. The van der Waals surface area contributed by atoms with Crippen molar-refractivity contribution in [2.45, 2.75) is 58.4 Å². The minimum Gasteiger partial charge on any atom is -0.369 e. The minimum absolute atomic E-state index is 0.168. The van der Waals surface area contributed by atoms with Crippen molar-refractivity contribution in [3.8, 4) is 0 Å². The molecule has 1 fully saturated rings. The van der Waals surface area contributed by atoms with E-state index in [1.807, 2.05) is 67.6 Å². The van der Waals surface area contributed by atoms with Gasteiger partial charge in [0.15, 0.2) is 0 Å². The van der Waals surface area contributed by atoms with Gasteiger partial charge in [0.2, 0.25) is 5.91 Å². The van der Waals surface area contributed by atoms with Crippen LogP contribution in [0.25, 0.3) is 6.08 Å². The molecule has 1 unspecified atom stereocenters. The van der Waals surface area contributed by atoms with Gasteiger partial charge in [-0.3, -0.25) is 9.59 Å². The third-order valence-corrected chi connectivity index (χ3v) is 6.07. The number of rotatable bonds is 7. The lowest BCUT2D eigenvalue weighted by Gasteiger charge is -2.16. The predicted octanol–water partition coefficient (Wildman–Crippen LogP) is 5.90. The molecule has 0 bridgehead atoms. The fraction of sp³-hybridized carbons (Fsp3) is 0.367. The van der Waals surface area contributed by atoms with E-state index in [0.717, 1.165) is 29.9 Å². The number of carbonyl (C=O) groups excluding carboxylic acids is 2. The molecule has 3 rings (SSSR count). The SMILES string of the molecule is CC(C)C.C\C=C/C=C(\C=C\c1ccccc1)CC(N)=O.O=C1CCCCN(S(=O)c2ccccn2)C1. The molecule has 1 aliphatic rings. The van der Waals surface area contributed by atoms with Gasteiger partial charge in [0.25, 0.3) is 0 Å². The lowest BCUT2D eigenvalue weighted by Crippen LogP contribution is -2.30. The summed E-state index contributed by atoms with van der Waals surface area (Å²) in [6, 6.07) is 15.3. The average Bonchev–Trinajstić information content (AvgIpc) is 3.10. The zero-order valence-electron chi connectivity index (χ0n) is 22.5. The number of primary amides is 1. The summed E-state index contributed by atoms with van der Waals surface area (Å²) in [5.41, 5.74) is 7.20. The van der Waals surface area contributed by atoms with Crippen LogP contribution >= 0.6 is 0 Å². The van der Waals surface area contributed by atoms with Gasteiger partial charge in [-0.25, -0.2) is 13.5 Å². The summed E-state index contributed by atoms with van der Waals surface area (Å²) in [5.74, 6) is 0.681. The van der Waals surface area contributed by atoms with Crippen LogP contribution in [0.1, 0.15) is 58.9 Å². The van der Waals surface area contributed by atoms with Crippen LogP contribution < -0.4 is 5.73 Å². The molecule has 0 radical (unpaired) electrons. The maximum Gasteiger partial charge on any atom is 0.221 e. The van der Waals surface area contributed by atoms with Crippen LogP contribution in [-0.4, -0.2) is 38.3 Å². The molecule has 1 aromatic heterocycles. The second kappa shape index (κ2) is 19.0. The smallest absolute Gasteiger partial charge is 0.221 e. The summed E-state index contributed by atoms with van der Waals surface area (Å²) < 4.78 is 13.8. The van der Waals surface area contributed by atoms with Crippen molar-refractivity contribution in [1.82, 2.24) is 9.29 Å². The fourth-order valence-electron chi connectivity index (χ4n) is 3.05. The van der Waals surface area contributed by atoms with Crippen LogP contribution in [-0.2, 0) is 20.6 Å². The van der Waals surface area contributed by atoms with Crippen LogP contribution in [0.3, 0.4) is 0 Å². The monoisotopic (exact) mass is 523 g/mol. The molecule has 2 N–H and O–H groups in total. The Labute approximate surface area is 225 Å². The molecular formula is C30H41N3O3S. The highest BCUT2D eigenvalue weighted by Crippen LogP contribution is 2.13. The third-order valence-electron chi connectivity index (χ3n) is 4.69. The van der Waals surface area contributed by atoms with E-state index in [0.29, 0.717) is 18.0 Å². The molecule has 37 heavy (non-hydrogen) atoms. The Bertz CT molecular complexity index is 1050. The summed E-state index contributed by atoms with van der Waals surface area (Å²) in [6.07, 6.45) is 13.9. The second-order valence-electron chi connectivity index (χ2n) is 9.16. The standard InChI is InChI=1S/C15H17NO.C11H14N2O2S.C4H10/c1-2-3-7-14(12-15(16)17)11-10-13-8-5-4-6-9-13;14-10-5-2-4-8-13(9-10)16(15)11-6-1-3-7-12-11;1-4(2)3/h2-11H,12H2,1H3,(H2,16,17);1,3,6-7H,2,4-5,8-9H2;4H,1-3H3/b3-2-,11-10+,14-7+;;. The highest BCUT2D eigenvalue weighted by Gasteiger charge is 2.21. The summed E-state index contributed by atoms with van der Waals surface area (Å²) in [7, 11) is -1.30. The molecule has 0 saturated carbocycles. The van der Waals surface area contributed by atoms with Crippen LogP contribution in [0.5, 0.6) is 0 Å². The Morgan fingerprint density at radius 1 is 1.11 bits per heavy atom. The van der Waals surface area contributed by atoms with E-state index in [4.69, 9.17) is 5.73 Å². The van der Waals surface area contributed by atoms with Gasteiger partial charge in [-0.15, -0.1) is 0 Å². The maximum absolute atomic E-state index is 12.1. The number of Topliss-reactive ketones (excluding diaryl/α,β-unsaturated/α-hetero) is 1. The molecule has 1 aromatic carbocycles. The maximum atomic E-state index is 12.1. The van der Waals surface area contributed by atoms with Crippen LogP contribution in [0.15, 0.2) is 89.6 Å². The van der Waals surface area contributed by atoms with Gasteiger partial charge < -0.3 is 5.73 Å². The second-order valence-corrected chi connectivity index (χ2v) is 10.6. The minimum atomic E-state index is -1.30. The van der Waals surface area contributed by atoms with Gasteiger partial charge in [-0.2, -0.15) is 0 Å². The Morgan fingerprint density at radius 3 is 2.38 bits per heavy atom. The zero-order valence-corrected chi connectivity index (χ0v) is 23.3. The number of carbonyl (C=O) groups is 2. The molecule has 1 saturated heterocycles. The number of benzene rings is 1. The fourth-order valence-corrected chi connectivity index (χ4v) is 4.22. The summed E-state index contributed by atoms with van der Waals surface area (Å²) >= 11 is 0. The van der Waals surface area contributed by atoms with E-state index in [-0.39, 0.29) is 24.7 Å². The average molecular weight is 524 g/mol. The Kier molecular flexibility index (Phi) is 16.4. The van der Waals surface area contributed by atoms with Crippen molar-refractivity contribution >= 4 is 28.8 Å². The topological polar surface area (TPSA) is 93.4 Å². The van der Waals surface area contributed by atoms with E-state index in [2.05, 4.69) is 25.8 Å². The Balaban J connectivity index is 0.000000324. The first-order chi connectivity index (χ1) is 17.7. The van der Waals surface area contributed by atoms with Crippen molar-refractivity contribution in [3.05, 3.63) is 90.2 Å². The number of amides is 1. The lowest BCUT2D eigenvalue weighted by atomic mass is 10.1. The van der Waals surface area contributed by atoms with Crippen molar-refractivity contribution in [1.29, 1.82) is 0 Å². The number of pyridine rings is 1. The van der Waals surface area contributed by atoms with Crippen LogP contribution in [0, 0.1) is 5.92 Å². The highest BCUT2D eigenvalue weighted by atomic mass is 32.2. The number of hydrogen-bond donors (Lipinski definition) is 1. The molecule has 2 heterocycles. The van der Waals surface area contributed by atoms with Crippen LogP contribution in [0.2, 0.25) is 0 Å². The quantitative estimate of drug-likeness (QED) is 0.457. The van der Waals surface area contributed by atoms with Crippen molar-refractivity contribution < 1.29 is 13.8 Å². The number of allylic oxidation sites excluding steroid dienone is 4. The molecule has 0 aliphatic carbocycles. The molecule has 2 aromatic rings. The third kappa shape index (κ3) is 15.5. The van der Waals surface area contributed by atoms with E-state index in [1.165, 1.54) is 0 Å². The number of aromatic nitrogens is 1. The van der Waals surface area contributed by atoms with E-state index in [9.17, 15) is 13.8 Å². The molecule has 200 valence electrons. The van der Waals surface area contributed by atoms with Gasteiger partial charge in [-0.1, -0.05) is 87.5 Å². The molecule has 1 amide bonds. The molecule has 7 heteroatoms. The molecule has 1 aliphatic heterocycles. The normalized spacial score (nSPS) is 15.5. The predicted molar refractivity (Wildman–Crippen MR) is 154 cm³/mol. The van der Waals surface area contributed by atoms with Gasteiger partial charge in [-0.05, 0) is 49.0 Å². The summed E-state index contributed by atoms with van der Waals surface area (Å²) in [6.45, 7) is 9.41. The van der Waals surface area contributed by atoms with Gasteiger partial charge in [0.1, 0.15) is 21.8 Å². The van der Waals surface area contributed by atoms with Gasteiger partial charge >= 0.3 is 0 Å². The number of nitrogens with zero attached hydrogens (tertiary/aromatic N) is 2. The van der Waals surface area contributed by atoms with Crippen molar-refractivity contribution in [3.63, 3.8) is 0 Å². The molecular weight excluding hydrogens is 482 g/mol. The highest BCUT2D eigenvalue weighted by molar-refractivity contribution is 7.82. The summed E-state index contributed by atoms with van der Waals surface area (Å²) in [5, 5.41) is 0.525. The van der Waals surface area contributed by atoms with Gasteiger partial charge in [0.05, 0.1) is 13.0 Å². The first kappa shape index (κ1) is 31.9. The first-order valence-electron chi connectivity index (χ1n) is 12.7. The van der Waals surface area contributed by atoms with E-state index in [1.54, 1.807) is 28.7 Å². The van der Waals surface area contributed by atoms with Gasteiger partial charge in [0, 0.05) is 19.2 Å². The molecule has 0 spiro atoms. The Hall–Kier alpha value is -3.16. The number of hydrogen-bond acceptors (Lipinski definition) is 4. The molecule has 6 nitrogen and oxygen atoms in total. The van der Waals surface area contributed by atoms with Crippen molar-refractivity contribution in [2.75, 3.05) is 13.1 Å². The first-order valence-corrected chi connectivity index (χ1v) is 13.8. The van der Waals surface area contributed by atoms with Crippen LogP contribution in [0.4, 0.5) is 0 Å².